The molecule has 13 heavy (non-hydrogen) atoms. The normalized spacial score (nSPS) is 29.1. The number of alkyl halides is 1. The summed E-state index contributed by atoms with van der Waals surface area (Å²) in [5.74, 6) is 0.731. The number of hydrogen-bond acceptors (Lipinski definition) is 1. The fourth-order valence-corrected chi connectivity index (χ4v) is 4.52. The summed E-state index contributed by atoms with van der Waals surface area (Å²) in [7, 11) is 0. The fourth-order valence-electron chi connectivity index (χ4n) is 1.99. The molecule has 1 aromatic heterocycles. The number of rotatable bonds is 1. The minimum atomic E-state index is 0.687. The highest BCUT2D eigenvalue weighted by molar-refractivity contribution is 9.10. The lowest BCUT2D eigenvalue weighted by molar-refractivity contribution is 0.461. The molecule has 0 bridgehead atoms. The molecule has 0 spiro atoms. The molecule has 0 N–H and O–H groups in total. The second-order valence-corrected chi connectivity index (χ2v) is 6.36. The van der Waals surface area contributed by atoms with E-state index >= 15 is 0 Å². The largest absolute Gasteiger partial charge is 0.151 e. The quantitative estimate of drug-likeness (QED) is 0.643. The molecule has 0 radical (unpaired) electrons. The van der Waals surface area contributed by atoms with Crippen LogP contribution in [0.15, 0.2) is 15.2 Å². The van der Waals surface area contributed by atoms with Gasteiger partial charge < -0.3 is 0 Å². The lowest BCUT2D eigenvalue weighted by Gasteiger charge is -2.27. The summed E-state index contributed by atoms with van der Waals surface area (Å²) in [6.07, 6.45) is 5.43. The van der Waals surface area contributed by atoms with Gasteiger partial charge in [-0.15, -0.1) is 0 Å². The first-order valence-electron chi connectivity index (χ1n) is 4.64. The third kappa shape index (κ3) is 2.18. The first kappa shape index (κ1) is 10.2. The summed E-state index contributed by atoms with van der Waals surface area (Å²) in [6.45, 7) is 0. The Bertz CT molecular complexity index is 282. The standard InChI is InChI=1S/C10H12Br2S/c11-9-4-2-1-3-7(9)8-5-13-6-10(8)12/h5-7,9H,1-4H2. The van der Waals surface area contributed by atoms with Crippen LogP contribution >= 0.6 is 43.2 Å². The Kier molecular flexibility index (Phi) is 3.49. The zero-order valence-corrected chi connectivity index (χ0v) is 11.3. The van der Waals surface area contributed by atoms with Crippen LogP contribution in [-0.2, 0) is 0 Å². The Labute approximate surface area is 100.0 Å². The molecule has 2 atom stereocenters. The van der Waals surface area contributed by atoms with Crippen molar-refractivity contribution >= 4 is 43.2 Å². The van der Waals surface area contributed by atoms with Crippen molar-refractivity contribution < 1.29 is 0 Å². The van der Waals surface area contributed by atoms with E-state index in [-0.39, 0.29) is 0 Å². The fraction of sp³-hybridized carbons (Fsp3) is 0.600. The van der Waals surface area contributed by atoms with Crippen LogP contribution in [0.3, 0.4) is 0 Å². The molecule has 1 heterocycles. The number of thiophene rings is 1. The Balaban J connectivity index is 2.19. The van der Waals surface area contributed by atoms with Crippen molar-refractivity contribution in [3.8, 4) is 0 Å². The van der Waals surface area contributed by atoms with Crippen LogP contribution in [0.1, 0.15) is 37.2 Å². The summed E-state index contributed by atoms with van der Waals surface area (Å²) in [4.78, 5) is 0.687. The van der Waals surface area contributed by atoms with E-state index in [4.69, 9.17) is 0 Å². The topological polar surface area (TPSA) is 0 Å². The monoisotopic (exact) mass is 322 g/mol. The Morgan fingerprint density at radius 1 is 1.23 bits per heavy atom. The van der Waals surface area contributed by atoms with Crippen molar-refractivity contribution in [3.63, 3.8) is 0 Å². The maximum Gasteiger partial charge on any atom is 0.0317 e. The molecular weight excluding hydrogens is 312 g/mol. The Morgan fingerprint density at radius 3 is 2.62 bits per heavy atom. The summed E-state index contributed by atoms with van der Waals surface area (Å²) >= 11 is 9.21. The molecule has 3 heteroatoms. The van der Waals surface area contributed by atoms with Gasteiger partial charge >= 0.3 is 0 Å². The maximum absolute atomic E-state index is 3.79. The van der Waals surface area contributed by atoms with Gasteiger partial charge in [0.2, 0.25) is 0 Å². The predicted octanol–water partition coefficient (Wildman–Crippen LogP) is 4.93. The first-order valence-corrected chi connectivity index (χ1v) is 7.30. The maximum atomic E-state index is 3.79. The van der Waals surface area contributed by atoms with Crippen LogP contribution in [0.25, 0.3) is 0 Å². The molecule has 2 rings (SSSR count). The van der Waals surface area contributed by atoms with Gasteiger partial charge in [-0.1, -0.05) is 28.8 Å². The minimum Gasteiger partial charge on any atom is -0.151 e. The van der Waals surface area contributed by atoms with Crippen molar-refractivity contribution in [2.45, 2.75) is 36.4 Å². The van der Waals surface area contributed by atoms with E-state index in [0.717, 1.165) is 5.92 Å². The molecule has 1 aliphatic rings. The summed E-state index contributed by atoms with van der Waals surface area (Å²) < 4.78 is 1.30. The van der Waals surface area contributed by atoms with E-state index in [1.807, 2.05) is 0 Å². The molecule has 1 fully saturated rings. The summed E-state index contributed by atoms with van der Waals surface area (Å²) in [5.41, 5.74) is 1.51. The smallest absolute Gasteiger partial charge is 0.0317 e. The molecule has 1 aliphatic carbocycles. The zero-order valence-electron chi connectivity index (χ0n) is 7.30. The van der Waals surface area contributed by atoms with E-state index < -0.39 is 0 Å². The molecule has 1 aromatic rings. The van der Waals surface area contributed by atoms with Crippen molar-refractivity contribution in [2.24, 2.45) is 0 Å². The molecule has 0 aromatic carbocycles. The Morgan fingerprint density at radius 2 is 2.00 bits per heavy atom. The van der Waals surface area contributed by atoms with Crippen LogP contribution in [-0.4, -0.2) is 4.83 Å². The minimum absolute atomic E-state index is 0.687. The average molecular weight is 324 g/mol. The van der Waals surface area contributed by atoms with Crippen molar-refractivity contribution in [3.05, 3.63) is 20.8 Å². The van der Waals surface area contributed by atoms with Crippen LogP contribution in [0.2, 0.25) is 0 Å². The predicted molar refractivity (Wildman–Crippen MR) is 65.9 cm³/mol. The van der Waals surface area contributed by atoms with Gasteiger partial charge in [0.15, 0.2) is 0 Å². The van der Waals surface area contributed by atoms with Crippen molar-refractivity contribution in [1.29, 1.82) is 0 Å². The molecule has 2 unspecified atom stereocenters. The van der Waals surface area contributed by atoms with Gasteiger partial charge in [-0.2, -0.15) is 11.3 Å². The number of halogens is 2. The molecule has 72 valence electrons. The van der Waals surface area contributed by atoms with E-state index in [9.17, 15) is 0 Å². The molecule has 0 nitrogen and oxygen atoms in total. The van der Waals surface area contributed by atoms with Gasteiger partial charge in [0.05, 0.1) is 0 Å². The summed E-state index contributed by atoms with van der Waals surface area (Å²) in [5, 5.41) is 4.47. The summed E-state index contributed by atoms with van der Waals surface area (Å²) in [6, 6.07) is 0. The lowest BCUT2D eigenvalue weighted by atomic mass is 9.85. The third-order valence-corrected chi connectivity index (χ3v) is 5.57. The third-order valence-electron chi connectivity index (χ3n) is 2.72. The molecule has 1 saturated carbocycles. The second-order valence-electron chi connectivity index (χ2n) is 3.58. The van der Waals surface area contributed by atoms with Crippen LogP contribution in [0.4, 0.5) is 0 Å². The van der Waals surface area contributed by atoms with E-state index in [1.165, 1.54) is 35.7 Å². The molecule has 0 amide bonds. The number of hydrogen-bond donors (Lipinski definition) is 0. The van der Waals surface area contributed by atoms with Gasteiger partial charge in [-0.05, 0) is 45.6 Å². The van der Waals surface area contributed by atoms with Gasteiger partial charge in [-0.25, -0.2) is 0 Å². The molecule has 0 saturated heterocycles. The van der Waals surface area contributed by atoms with Gasteiger partial charge in [-0.3, -0.25) is 0 Å². The highest BCUT2D eigenvalue weighted by Gasteiger charge is 2.25. The highest BCUT2D eigenvalue weighted by Crippen LogP contribution is 2.41. The van der Waals surface area contributed by atoms with Gasteiger partial charge in [0.25, 0.3) is 0 Å². The Hall–Kier alpha value is 0.660. The van der Waals surface area contributed by atoms with Crippen LogP contribution < -0.4 is 0 Å². The van der Waals surface area contributed by atoms with E-state index in [0.29, 0.717) is 4.83 Å². The van der Waals surface area contributed by atoms with E-state index in [1.54, 1.807) is 11.3 Å². The molecular formula is C10H12Br2S. The van der Waals surface area contributed by atoms with Crippen LogP contribution in [0.5, 0.6) is 0 Å². The average Bonchev–Trinajstić information content (AvgIpc) is 2.52. The zero-order chi connectivity index (χ0) is 9.26. The van der Waals surface area contributed by atoms with E-state index in [2.05, 4.69) is 42.6 Å². The van der Waals surface area contributed by atoms with Crippen LogP contribution in [0, 0.1) is 0 Å². The SMILES string of the molecule is Brc1cscc1C1CCCCC1Br. The van der Waals surface area contributed by atoms with Gasteiger partial charge in [0.1, 0.15) is 0 Å². The van der Waals surface area contributed by atoms with Crippen molar-refractivity contribution in [1.82, 2.24) is 0 Å². The highest BCUT2D eigenvalue weighted by atomic mass is 79.9. The first-order chi connectivity index (χ1) is 6.29. The molecule has 0 aliphatic heterocycles. The van der Waals surface area contributed by atoms with Crippen molar-refractivity contribution in [2.75, 3.05) is 0 Å². The van der Waals surface area contributed by atoms with Gasteiger partial charge in [0, 0.05) is 14.7 Å². The lowest BCUT2D eigenvalue weighted by Crippen LogP contribution is -2.16. The second kappa shape index (κ2) is 4.45.